The van der Waals surface area contributed by atoms with Gasteiger partial charge in [-0.2, -0.15) is 0 Å². The molecule has 2 atom stereocenters. The maximum absolute atomic E-state index is 14.1. The number of anilines is 1. The van der Waals surface area contributed by atoms with Gasteiger partial charge < -0.3 is 15.0 Å². The van der Waals surface area contributed by atoms with Gasteiger partial charge in [-0.3, -0.25) is 13.9 Å². The minimum absolute atomic E-state index is 0.0109. The van der Waals surface area contributed by atoms with Crippen LogP contribution in [0.2, 0.25) is 5.02 Å². The first-order chi connectivity index (χ1) is 20.0. The molecule has 0 aliphatic heterocycles. The minimum Gasteiger partial charge on any atom is -0.492 e. The van der Waals surface area contributed by atoms with Crippen LogP contribution >= 0.6 is 23.4 Å². The van der Waals surface area contributed by atoms with Gasteiger partial charge in [-0.25, -0.2) is 8.42 Å². The van der Waals surface area contributed by atoms with E-state index in [2.05, 4.69) is 5.32 Å². The monoisotopic (exact) mass is 631 g/mol. The van der Waals surface area contributed by atoms with Crippen LogP contribution in [0.3, 0.4) is 0 Å². The molecule has 3 rings (SSSR count). The van der Waals surface area contributed by atoms with Gasteiger partial charge in [0.05, 0.1) is 17.2 Å². The first kappa shape index (κ1) is 33.3. The number of para-hydroxylation sites is 2. The molecule has 0 aliphatic rings. The third-order valence-electron chi connectivity index (χ3n) is 6.83. The van der Waals surface area contributed by atoms with E-state index in [4.69, 9.17) is 16.3 Å². The molecule has 0 heterocycles. The number of hydrogen-bond acceptors (Lipinski definition) is 6. The maximum atomic E-state index is 14.1. The van der Waals surface area contributed by atoms with Crippen LogP contribution in [0.5, 0.6) is 5.75 Å². The van der Waals surface area contributed by atoms with Crippen LogP contribution in [0.1, 0.15) is 39.7 Å². The molecule has 42 heavy (non-hydrogen) atoms. The fraction of sp³-hybridized carbons (Fsp3) is 0.355. The number of carbonyl (C=O) groups excluding carboxylic acids is 2. The van der Waals surface area contributed by atoms with Crippen molar-refractivity contribution in [3.05, 3.63) is 83.4 Å². The Morgan fingerprint density at radius 2 is 1.62 bits per heavy atom. The molecule has 0 saturated carbocycles. The summed E-state index contributed by atoms with van der Waals surface area (Å²) in [7, 11) is -4.23. The number of nitrogens with one attached hydrogen (secondary N) is 1. The molecular weight excluding hydrogens is 594 g/mol. The molecule has 0 aliphatic carbocycles. The van der Waals surface area contributed by atoms with Crippen LogP contribution in [0.4, 0.5) is 5.69 Å². The van der Waals surface area contributed by atoms with Crippen molar-refractivity contribution in [1.82, 2.24) is 10.2 Å². The Balaban J connectivity index is 2.09. The van der Waals surface area contributed by atoms with E-state index < -0.39 is 28.5 Å². The summed E-state index contributed by atoms with van der Waals surface area (Å²) in [4.78, 5) is 29.7. The molecule has 0 radical (unpaired) electrons. The first-order valence-corrected chi connectivity index (χ1v) is 16.8. The fourth-order valence-corrected chi connectivity index (χ4v) is 6.22. The summed E-state index contributed by atoms with van der Waals surface area (Å²) in [6.07, 6.45) is 2.62. The second-order valence-electron chi connectivity index (χ2n) is 9.69. The highest BCUT2D eigenvalue weighted by Gasteiger charge is 2.34. The van der Waals surface area contributed by atoms with Gasteiger partial charge in [-0.05, 0) is 81.5 Å². The van der Waals surface area contributed by atoms with Crippen LogP contribution in [-0.2, 0) is 26.2 Å². The zero-order chi connectivity index (χ0) is 30.9. The lowest BCUT2D eigenvalue weighted by molar-refractivity contribution is -0.139. The summed E-state index contributed by atoms with van der Waals surface area (Å²) in [5.74, 6) is -0.601. The fourth-order valence-electron chi connectivity index (χ4n) is 4.19. The zero-order valence-electron chi connectivity index (χ0n) is 24.5. The lowest BCUT2D eigenvalue weighted by Gasteiger charge is -2.33. The van der Waals surface area contributed by atoms with E-state index in [1.165, 1.54) is 28.8 Å². The predicted octanol–water partition coefficient (Wildman–Crippen LogP) is 5.99. The average molecular weight is 632 g/mol. The quantitative estimate of drug-likeness (QED) is 0.220. The summed E-state index contributed by atoms with van der Waals surface area (Å²) in [5, 5.41) is 3.36. The van der Waals surface area contributed by atoms with Crippen LogP contribution < -0.4 is 14.4 Å². The molecule has 0 saturated heterocycles. The smallest absolute Gasteiger partial charge is 0.264 e. The largest absolute Gasteiger partial charge is 0.492 e. The molecule has 3 aromatic rings. The van der Waals surface area contributed by atoms with Crippen LogP contribution in [-0.4, -0.2) is 56.6 Å². The molecule has 0 fully saturated rings. The van der Waals surface area contributed by atoms with Gasteiger partial charge >= 0.3 is 0 Å². The van der Waals surface area contributed by atoms with E-state index in [-0.39, 0.29) is 29.1 Å². The summed E-state index contributed by atoms with van der Waals surface area (Å²) in [5.41, 5.74) is 0.850. The number of sulfonamides is 1. The van der Waals surface area contributed by atoms with Crippen molar-refractivity contribution >= 4 is 50.9 Å². The average Bonchev–Trinajstić information content (AvgIpc) is 2.99. The van der Waals surface area contributed by atoms with Crippen molar-refractivity contribution in [2.24, 2.45) is 0 Å². The summed E-state index contributed by atoms with van der Waals surface area (Å²) in [6, 6.07) is 19.2. The van der Waals surface area contributed by atoms with Crippen molar-refractivity contribution < 1.29 is 22.7 Å². The maximum Gasteiger partial charge on any atom is 0.264 e. The molecule has 0 aromatic heterocycles. The molecule has 0 spiro atoms. The number of thioether (sulfide) groups is 1. The van der Waals surface area contributed by atoms with Crippen molar-refractivity contribution in [3.63, 3.8) is 0 Å². The lowest BCUT2D eigenvalue weighted by atomic mass is 10.1. The van der Waals surface area contributed by atoms with E-state index in [0.717, 1.165) is 9.20 Å². The second kappa shape index (κ2) is 15.3. The van der Waals surface area contributed by atoms with E-state index in [0.29, 0.717) is 29.4 Å². The third kappa shape index (κ3) is 8.20. The number of nitrogens with zero attached hydrogens (tertiary/aromatic N) is 2. The van der Waals surface area contributed by atoms with Gasteiger partial charge in [-0.15, -0.1) is 11.8 Å². The molecule has 2 amide bonds. The third-order valence-corrected chi connectivity index (χ3v) is 9.71. The first-order valence-electron chi connectivity index (χ1n) is 13.7. The Labute approximate surface area is 258 Å². The number of carbonyl (C=O) groups is 2. The van der Waals surface area contributed by atoms with E-state index in [1.54, 1.807) is 74.5 Å². The number of halogens is 1. The van der Waals surface area contributed by atoms with E-state index in [1.807, 2.05) is 20.1 Å². The Hall–Kier alpha value is -3.21. The SMILES string of the molecule is CCOc1ccccc1N(CC(=O)N(Cc1ccccc1Cl)[C@H](C)C(=O)N[C@@H](C)CC)S(=O)(=O)c1ccc(SC)cc1. The van der Waals surface area contributed by atoms with Gasteiger partial charge in [0.25, 0.3) is 10.0 Å². The molecule has 1 N–H and O–H groups in total. The van der Waals surface area contributed by atoms with Crippen LogP contribution in [0, 0.1) is 0 Å². The topological polar surface area (TPSA) is 96.0 Å². The zero-order valence-corrected chi connectivity index (χ0v) is 26.9. The van der Waals surface area contributed by atoms with Gasteiger partial charge in [-0.1, -0.05) is 48.9 Å². The Kier molecular flexibility index (Phi) is 12.1. The number of benzene rings is 3. The molecule has 11 heteroatoms. The molecule has 3 aromatic carbocycles. The van der Waals surface area contributed by atoms with Crippen molar-refractivity contribution in [1.29, 1.82) is 0 Å². The van der Waals surface area contributed by atoms with Crippen molar-refractivity contribution in [2.45, 2.75) is 62.5 Å². The van der Waals surface area contributed by atoms with Crippen LogP contribution in [0.15, 0.2) is 82.6 Å². The standard InChI is InChI=1S/C31H38ClN3O5S2/c1-6-22(3)33-31(37)23(4)34(20-24-12-8-9-13-27(24)32)30(36)21-35(28-14-10-11-15-29(28)40-7-2)42(38,39)26-18-16-25(41-5)17-19-26/h8-19,22-23H,6-7,20-21H2,1-5H3,(H,33,37)/t22-,23+/m0/s1. The number of hydrogen-bond donors (Lipinski definition) is 1. The molecular formula is C31H38ClN3O5S2. The van der Waals surface area contributed by atoms with E-state index >= 15 is 0 Å². The number of amides is 2. The lowest BCUT2D eigenvalue weighted by Crippen LogP contribution is -2.52. The van der Waals surface area contributed by atoms with Gasteiger partial charge in [0.15, 0.2) is 0 Å². The molecule has 226 valence electrons. The highest BCUT2D eigenvalue weighted by molar-refractivity contribution is 7.98. The second-order valence-corrected chi connectivity index (χ2v) is 12.8. The van der Waals surface area contributed by atoms with Crippen molar-refractivity contribution in [2.75, 3.05) is 23.7 Å². The highest BCUT2D eigenvalue weighted by atomic mass is 35.5. The van der Waals surface area contributed by atoms with Gasteiger partial charge in [0.2, 0.25) is 11.8 Å². The molecule has 8 nitrogen and oxygen atoms in total. The molecule has 0 bridgehead atoms. The summed E-state index contributed by atoms with van der Waals surface area (Å²) >= 11 is 7.93. The summed E-state index contributed by atoms with van der Waals surface area (Å²) in [6.45, 7) is 7.00. The Morgan fingerprint density at radius 3 is 2.24 bits per heavy atom. The summed E-state index contributed by atoms with van der Waals surface area (Å²) < 4.78 is 35.1. The van der Waals surface area contributed by atoms with Crippen molar-refractivity contribution in [3.8, 4) is 5.75 Å². The molecule has 0 unspecified atom stereocenters. The Morgan fingerprint density at radius 1 is 0.976 bits per heavy atom. The van der Waals surface area contributed by atoms with Gasteiger partial charge in [0.1, 0.15) is 18.3 Å². The Bertz CT molecular complexity index is 1470. The minimum atomic E-state index is -4.23. The van der Waals surface area contributed by atoms with E-state index in [9.17, 15) is 18.0 Å². The normalized spacial score (nSPS) is 12.7. The number of ether oxygens (including phenoxy) is 1. The van der Waals surface area contributed by atoms with Crippen LogP contribution in [0.25, 0.3) is 0 Å². The number of rotatable bonds is 14. The van der Waals surface area contributed by atoms with Gasteiger partial charge in [0, 0.05) is 22.5 Å². The predicted molar refractivity (Wildman–Crippen MR) is 170 cm³/mol. The highest BCUT2D eigenvalue weighted by Crippen LogP contribution is 2.33.